The molecule has 0 bridgehead atoms. The van der Waals surface area contributed by atoms with Gasteiger partial charge in [0.2, 0.25) is 5.91 Å². The Labute approximate surface area is 398 Å². The van der Waals surface area contributed by atoms with Crippen molar-refractivity contribution in [3.05, 3.63) is 0 Å². The molecule has 0 aliphatic carbocycles. The number of hydrogen-bond acceptors (Lipinski definition) is 8. The summed E-state index contributed by atoms with van der Waals surface area (Å²) in [6.45, 7) is 7.07. The third-order valence-electron chi connectivity index (χ3n) is 4.26. The second kappa shape index (κ2) is 70.7. The molecule has 0 aromatic heterocycles. The van der Waals surface area contributed by atoms with Gasteiger partial charge in [-0.15, -0.1) is 0 Å². The molecule has 41 heavy (non-hydrogen) atoms. The number of carboxylic acids is 3. The topological polar surface area (TPSA) is 202 Å². The Morgan fingerprint density at radius 1 is 0.659 bits per heavy atom. The van der Waals surface area contributed by atoms with Crippen LogP contribution in [0.1, 0.15) is 114 Å². The van der Waals surface area contributed by atoms with E-state index in [0.29, 0.717) is 5.91 Å². The van der Waals surface area contributed by atoms with Crippen LogP contribution in [0.25, 0.3) is 0 Å². The van der Waals surface area contributed by atoms with Crippen molar-refractivity contribution in [3.63, 3.8) is 0 Å². The molecule has 1 heterocycles. The molecule has 1 aliphatic heterocycles. The summed E-state index contributed by atoms with van der Waals surface area (Å²) in [5.41, 5.74) is 0. The standard InChI is InChI=1S/3C6H12O2.C5H9NO.6Na.2H2O.2H2S.2H/c3*1-2-3-4-5-6(7)8;1-6-4-2-3-5(6)7;;;;;;;;;;;;/h3*2-5H2,1H3,(H,7,8);2-4H2,1H3;;;;;;;4*1H2;;/q;;;;6*+1;;;;;2*-1/p-4. The first-order chi connectivity index (χ1) is 14.6. The minimum absolute atomic E-state index is 0. The average Bonchev–Trinajstić information content (AvgIpc) is 3.06. The zero-order chi connectivity index (χ0) is 24.5. The molecule has 0 atom stereocenters. The minimum Gasteiger partial charge on any atom is -1.00 e. The number of carbonyl (C=O) groups excluding carboxylic acids is 4. The van der Waals surface area contributed by atoms with E-state index in [1.807, 2.05) is 27.8 Å². The van der Waals surface area contributed by atoms with Gasteiger partial charge in [0, 0.05) is 37.9 Å². The first kappa shape index (κ1) is 85.3. The van der Waals surface area contributed by atoms with Gasteiger partial charge in [0.25, 0.3) is 0 Å². The Hall–Kier alpha value is 4.50. The molecule has 0 aromatic carbocycles. The van der Waals surface area contributed by atoms with Gasteiger partial charge in [-0.05, 0) is 44.9 Å². The van der Waals surface area contributed by atoms with Gasteiger partial charge in [-0.3, -0.25) is 4.79 Å². The summed E-state index contributed by atoms with van der Waals surface area (Å²) >= 11 is 0. The normalized spacial score (nSPS) is 8.98. The number of aliphatic carboxylic acids is 3. The first-order valence-electron chi connectivity index (χ1n) is 11.5. The Bertz CT molecular complexity index is 471. The van der Waals surface area contributed by atoms with Crippen LogP contribution in [0, 0.1) is 0 Å². The van der Waals surface area contributed by atoms with Gasteiger partial charge in [0.1, 0.15) is 0 Å². The van der Waals surface area contributed by atoms with Crippen LogP contribution >= 0.6 is 27.0 Å². The molecule has 0 unspecified atom stereocenters. The van der Waals surface area contributed by atoms with Crippen LogP contribution in [-0.2, 0) is 19.2 Å². The van der Waals surface area contributed by atoms with E-state index in [1.54, 1.807) is 4.90 Å². The van der Waals surface area contributed by atoms with Crippen molar-refractivity contribution < 1.29 is 226 Å². The Morgan fingerprint density at radius 3 is 1.00 bits per heavy atom. The zero-order valence-corrected chi connectivity index (χ0v) is 41.9. The fourth-order valence-electron chi connectivity index (χ4n) is 2.34. The molecular weight excluding hydrogens is 636 g/mol. The summed E-state index contributed by atoms with van der Waals surface area (Å²) in [4.78, 5) is 41.6. The molecule has 1 amide bonds. The maximum Gasteiger partial charge on any atom is 1.00 e. The van der Waals surface area contributed by atoms with Crippen molar-refractivity contribution in [1.29, 1.82) is 0 Å². The van der Waals surface area contributed by atoms with Gasteiger partial charge in [-0.25, -0.2) is 0 Å². The van der Waals surface area contributed by atoms with Crippen LogP contribution in [0.15, 0.2) is 0 Å². The predicted octanol–water partition coefficient (Wildman–Crippen LogP) is -17.3. The third-order valence-corrected chi connectivity index (χ3v) is 4.26. The van der Waals surface area contributed by atoms with Crippen LogP contribution in [0.3, 0.4) is 0 Å². The quantitative estimate of drug-likeness (QED) is 0.142. The maximum absolute atomic E-state index is 10.5. The number of hydrogen-bond donors (Lipinski definition) is 0. The van der Waals surface area contributed by atoms with Crippen molar-refractivity contribution in [2.24, 2.45) is 0 Å². The fourth-order valence-corrected chi connectivity index (χ4v) is 2.34. The van der Waals surface area contributed by atoms with E-state index in [0.717, 1.165) is 77.2 Å². The largest absolute Gasteiger partial charge is 1.00 e. The molecule has 1 rings (SSSR count). The number of unbranched alkanes of at least 4 members (excludes halogenated alkanes) is 6. The second-order valence-electron chi connectivity index (χ2n) is 7.41. The molecule has 3 N–H and O–H groups in total. The number of rotatable bonds is 12. The SMILES string of the molecule is CCCCCC(=O)[O-].CCCCCC(=O)[O-].CCCCCC(=O)[O-].CN1CCCC1=O.O.S.S.[H-].[H-].[Na+].[Na+].[Na+].[Na+].[Na+].[Na+].[OH-]. The van der Waals surface area contributed by atoms with Gasteiger partial charge in [-0.1, -0.05) is 59.3 Å². The first-order valence-corrected chi connectivity index (χ1v) is 11.5. The number of amides is 1. The molecule has 0 radical (unpaired) electrons. The van der Waals surface area contributed by atoms with Crippen LogP contribution in [-0.4, -0.2) is 53.3 Å². The molecule has 1 saturated heterocycles. The van der Waals surface area contributed by atoms with Crippen molar-refractivity contribution in [3.8, 4) is 0 Å². The van der Waals surface area contributed by atoms with Crippen LogP contribution in [0.5, 0.6) is 0 Å². The molecule has 18 heteroatoms. The summed E-state index contributed by atoms with van der Waals surface area (Å²) in [6, 6.07) is 0. The average molecular weight is 688 g/mol. The van der Waals surface area contributed by atoms with Crippen LogP contribution in [0.4, 0.5) is 0 Å². The smallest absolute Gasteiger partial charge is 1.00 e. The maximum atomic E-state index is 10.5. The van der Waals surface area contributed by atoms with E-state index in [2.05, 4.69) is 0 Å². The molecule has 220 valence electrons. The summed E-state index contributed by atoms with van der Waals surface area (Å²) in [5, 5.41) is 29.3. The van der Waals surface area contributed by atoms with E-state index in [9.17, 15) is 34.5 Å². The summed E-state index contributed by atoms with van der Waals surface area (Å²) in [5.74, 6) is -2.50. The summed E-state index contributed by atoms with van der Waals surface area (Å²) in [7, 11) is 1.84. The van der Waals surface area contributed by atoms with E-state index in [4.69, 9.17) is 0 Å². The van der Waals surface area contributed by atoms with Crippen molar-refractivity contribution in [1.82, 2.24) is 4.90 Å². The molecule has 1 fully saturated rings. The second-order valence-corrected chi connectivity index (χ2v) is 7.41. The van der Waals surface area contributed by atoms with E-state index >= 15 is 0 Å². The fraction of sp³-hybridized carbons (Fsp3) is 0.826. The van der Waals surface area contributed by atoms with Crippen LogP contribution in [0.2, 0.25) is 0 Å². The van der Waals surface area contributed by atoms with E-state index in [-0.39, 0.29) is 237 Å². The molecule has 10 nitrogen and oxygen atoms in total. The number of nitrogens with zero attached hydrogens (tertiary/aromatic N) is 1. The van der Waals surface area contributed by atoms with Crippen LogP contribution < -0.4 is 193 Å². The van der Waals surface area contributed by atoms with Crippen molar-refractivity contribution in [2.45, 2.75) is 111 Å². The van der Waals surface area contributed by atoms with Gasteiger partial charge in [0.05, 0.1) is 0 Å². The number of carboxylic acid groups (broad SMARTS) is 3. The Morgan fingerprint density at radius 2 is 0.902 bits per heavy atom. The molecule has 1 aliphatic rings. The van der Waals surface area contributed by atoms with E-state index < -0.39 is 17.9 Å². The summed E-state index contributed by atoms with van der Waals surface area (Å²) < 4.78 is 0. The number of carbonyl (C=O) groups is 4. The van der Waals surface area contributed by atoms with Crippen molar-refractivity contribution in [2.75, 3.05) is 13.6 Å². The monoisotopic (exact) mass is 687 g/mol. The molecule has 0 saturated carbocycles. The third kappa shape index (κ3) is 92.4. The van der Waals surface area contributed by atoms with Crippen molar-refractivity contribution >= 4 is 50.8 Å². The Kier molecular flexibility index (Phi) is 147. The summed E-state index contributed by atoms with van der Waals surface area (Å²) in [6.07, 6.45) is 10.9. The molecular formula is C23H51NNa6O9S2. The van der Waals surface area contributed by atoms with Gasteiger partial charge in [0.15, 0.2) is 0 Å². The van der Waals surface area contributed by atoms with Gasteiger partial charge < -0.3 is 48.4 Å². The number of likely N-dealkylation sites (tertiary alicyclic amines) is 1. The van der Waals surface area contributed by atoms with E-state index in [1.165, 1.54) is 0 Å². The zero-order valence-electron chi connectivity index (χ0n) is 29.9. The minimum atomic E-state index is -0.932. The van der Waals surface area contributed by atoms with Gasteiger partial charge >= 0.3 is 177 Å². The Balaban J connectivity index is -0.0000000171. The molecule has 0 aromatic rings. The van der Waals surface area contributed by atoms with Gasteiger partial charge in [-0.2, -0.15) is 27.0 Å². The predicted molar refractivity (Wildman–Crippen MR) is 143 cm³/mol. The molecule has 0 spiro atoms.